The number of nitrogens with zero attached hydrogens (tertiary/aromatic N) is 2. The van der Waals surface area contributed by atoms with E-state index in [1.807, 2.05) is 12.1 Å². The molecule has 3 heteroatoms. The van der Waals surface area contributed by atoms with Gasteiger partial charge in [0.2, 0.25) is 0 Å². The third-order valence-corrected chi connectivity index (χ3v) is 10.4. The van der Waals surface area contributed by atoms with E-state index < -0.39 is 0 Å². The van der Waals surface area contributed by atoms with E-state index in [1.54, 1.807) is 0 Å². The average Bonchev–Trinajstić information content (AvgIpc) is 3.60. The van der Waals surface area contributed by atoms with E-state index in [-0.39, 0.29) is 0 Å². The van der Waals surface area contributed by atoms with E-state index in [4.69, 9.17) is 14.4 Å². The summed E-state index contributed by atoms with van der Waals surface area (Å²) in [6, 6.07) is 62.1. The van der Waals surface area contributed by atoms with Gasteiger partial charge >= 0.3 is 0 Å². The molecule has 0 spiro atoms. The first-order valence-electron chi connectivity index (χ1n) is 18.2. The van der Waals surface area contributed by atoms with Crippen LogP contribution in [-0.4, -0.2) is 11.5 Å². The van der Waals surface area contributed by atoms with Gasteiger partial charge in [0.1, 0.15) is 11.2 Å². The summed E-state index contributed by atoms with van der Waals surface area (Å²) < 4.78 is 6.56. The Morgan fingerprint density at radius 3 is 1.74 bits per heavy atom. The highest BCUT2D eigenvalue weighted by Gasteiger charge is 2.20. The lowest BCUT2D eigenvalue weighted by Crippen LogP contribution is -2.10. The normalized spacial score (nSPS) is 13.5. The number of para-hydroxylation sites is 2. The summed E-state index contributed by atoms with van der Waals surface area (Å²) in [5.41, 5.74) is 11.4. The minimum atomic E-state index is 0.640. The molecule has 1 aliphatic heterocycles. The Morgan fingerprint density at radius 2 is 0.943 bits per heavy atom. The quantitative estimate of drug-likeness (QED) is 0.179. The topological polar surface area (TPSA) is 37.9 Å². The largest absolute Gasteiger partial charge is 0.455 e. The Balaban J connectivity index is 1.13. The van der Waals surface area contributed by atoms with E-state index in [2.05, 4.69) is 170 Å². The first-order chi connectivity index (χ1) is 26.3. The Kier molecular flexibility index (Phi) is 7.62. The van der Waals surface area contributed by atoms with Crippen LogP contribution in [0.25, 0.3) is 71.4 Å². The smallest absolute Gasteiger partial charge is 0.163 e. The van der Waals surface area contributed by atoms with E-state index in [0.717, 1.165) is 68.4 Å². The van der Waals surface area contributed by atoms with Gasteiger partial charge in [0, 0.05) is 16.3 Å². The van der Waals surface area contributed by atoms with Gasteiger partial charge in [0.25, 0.3) is 0 Å². The van der Waals surface area contributed by atoms with Crippen LogP contribution in [0, 0.1) is 0 Å². The lowest BCUT2D eigenvalue weighted by Gasteiger charge is -2.17. The first-order valence-corrected chi connectivity index (χ1v) is 18.2. The molecule has 53 heavy (non-hydrogen) atoms. The zero-order valence-corrected chi connectivity index (χ0v) is 29.0. The molecule has 0 saturated heterocycles. The molecule has 0 fully saturated rings. The number of amidine groups is 1. The molecule has 0 radical (unpaired) electrons. The maximum atomic E-state index is 6.56. The SMILES string of the molecule is C1=C(c2ccc(-c3cccc4ccccc34)cc2)N=C(c2cccc3c2oc2ccccc23)N=C(c2ccccc2-c2cccc3ccccc23)CC1. The van der Waals surface area contributed by atoms with Gasteiger partial charge in [-0.2, -0.15) is 0 Å². The highest BCUT2D eigenvalue weighted by atomic mass is 16.3. The third-order valence-electron chi connectivity index (χ3n) is 10.4. The first kappa shape index (κ1) is 30.9. The van der Waals surface area contributed by atoms with Gasteiger partial charge in [-0.25, -0.2) is 9.98 Å². The minimum absolute atomic E-state index is 0.640. The lowest BCUT2D eigenvalue weighted by molar-refractivity contribution is 0.668. The summed E-state index contributed by atoms with van der Waals surface area (Å²) in [6.07, 6.45) is 3.82. The zero-order valence-electron chi connectivity index (χ0n) is 29.0. The molecule has 0 saturated carbocycles. The predicted molar refractivity (Wildman–Crippen MR) is 223 cm³/mol. The van der Waals surface area contributed by atoms with Crippen molar-refractivity contribution in [2.24, 2.45) is 9.98 Å². The van der Waals surface area contributed by atoms with Crippen molar-refractivity contribution in [2.75, 3.05) is 0 Å². The van der Waals surface area contributed by atoms with Gasteiger partial charge in [-0.05, 0) is 74.3 Å². The molecule has 0 unspecified atom stereocenters. The van der Waals surface area contributed by atoms with Gasteiger partial charge in [0.05, 0.1) is 17.0 Å². The second-order valence-corrected chi connectivity index (χ2v) is 13.6. The van der Waals surface area contributed by atoms with Crippen molar-refractivity contribution in [1.82, 2.24) is 0 Å². The molecule has 3 nitrogen and oxygen atoms in total. The molecule has 250 valence electrons. The minimum Gasteiger partial charge on any atom is -0.455 e. The maximum absolute atomic E-state index is 6.56. The monoisotopic (exact) mass is 678 g/mol. The number of hydrogen-bond donors (Lipinski definition) is 0. The van der Waals surface area contributed by atoms with Crippen LogP contribution in [0.5, 0.6) is 0 Å². The van der Waals surface area contributed by atoms with Gasteiger partial charge in [-0.1, -0.05) is 170 Å². The van der Waals surface area contributed by atoms with Crippen LogP contribution in [0.3, 0.4) is 0 Å². The Hall–Kier alpha value is -6.84. The van der Waals surface area contributed by atoms with E-state index in [1.165, 1.54) is 38.2 Å². The standard InChI is InChI=1S/C50H34N2O/c1-3-17-37-33(13-1)15-9-22-38(37)35-29-31-36(32-30-35)46-26-12-27-47(42-20-6-5-19-41(42)40-23-10-16-34-14-2-4-18-39(34)40)52-50(51-46)45-25-11-24-44-43-21-7-8-28-48(43)53-49(44)45/h1-11,13-26,28-32H,12,27H2. The summed E-state index contributed by atoms with van der Waals surface area (Å²) in [4.78, 5) is 10.9. The van der Waals surface area contributed by atoms with Crippen LogP contribution in [0.1, 0.15) is 29.5 Å². The highest BCUT2D eigenvalue weighted by molar-refractivity contribution is 6.21. The Labute approximate surface area is 307 Å². The van der Waals surface area contributed by atoms with Gasteiger partial charge in [-0.15, -0.1) is 0 Å². The molecule has 1 aromatic heterocycles. The fourth-order valence-corrected chi connectivity index (χ4v) is 7.86. The molecule has 0 aliphatic carbocycles. The summed E-state index contributed by atoms with van der Waals surface area (Å²) in [7, 11) is 0. The van der Waals surface area contributed by atoms with Crippen LogP contribution >= 0.6 is 0 Å². The molecule has 8 aromatic carbocycles. The Bertz CT molecular complexity index is 2930. The molecule has 10 rings (SSSR count). The molecule has 2 heterocycles. The molecular formula is C50H34N2O. The summed E-state index contributed by atoms with van der Waals surface area (Å²) in [5.74, 6) is 0.640. The number of fused-ring (bicyclic) bond motifs is 5. The van der Waals surface area contributed by atoms with Crippen molar-refractivity contribution < 1.29 is 4.42 Å². The number of hydrogen-bond acceptors (Lipinski definition) is 3. The van der Waals surface area contributed by atoms with Crippen LogP contribution in [0.4, 0.5) is 0 Å². The molecule has 0 atom stereocenters. The molecule has 9 aromatic rings. The lowest BCUT2D eigenvalue weighted by atomic mass is 9.91. The van der Waals surface area contributed by atoms with Crippen molar-refractivity contribution in [3.05, 3.63) is 199 Å². The molecule has 1 aliphatic rings. The number of furan rings is 1. The number of rotatable bonds is 5. The Morgan fingerprint density at radius 1 is 0.396 bits per heavy atom. The van der Waals surface area contributed by atoms with Crippen molar-refractivity contribution in [3.8, 4) is 22.3 Å². The van der Waals surface area contributed by atoms with Gasteiger partial charge in [-0.3, -0.25) is 0 Å². The number of allylic oxidation sites excluding steroid dienone is 1. The number of aliphatic imine (C=N–C) groups is 2. The fraction of sp³-hybridized carbons (Fsp3) is 0.0400. The molecule has 0 N–H and O–H groups in total. The third kappa shape index (κ3) is 5.55. The summed E-state index contributed by atoms with van der Waals surface area (Å²) in [6.45, 7) is 0. The molecular weight excluding hydrogens is 645 g/mol. The van der Waals surface area contributed by atoms with Crippen LogP contribution in [0.2, 0.25) is 0 Å². The van der Waals surface area contributed by atoms with Crippen molar-refractivity contribution >= 4 is 60.7 Å². The van der Waals surface area contributed by atoms with Gasteiger partial charge in [0.15, 0.2) is 5.84 Å². The zero-order chi connectivity index (χ0) is 35.1. The number of benzene rings is 8. The van der Waals surface area contributed by atoms with E-state index in [0.29, 0.717) is 5.84 Å². The highest BCUT2D eigenvalue weighted by Crippen LogP contribution is 2.36. The second kappa shape index (κ2) is 13.0. The van der Waals surface area contributed by atoms with E-state index in [9.17, 15) is 0 Å². The van der Waals surface area contributed by atoms with Crippen molar-refractivity contribution in [1.29, 1.82) is 0 Å². The predicted octanol–water partition coefficient (Wildman–Crippen LogP) is 13.3. The van der Waals surface area contributed by atoms with Crippen LogP contribution < -0.4 is 0 Å². The maximum Gasteiger partial charge on any atom is 0.163 e. The van der Waals surface area contributed by atoms with Crippen molar-refractivity contribution in [3.63, 3.8) is 0 Å². The van der Waals surface area contributed by atoms with E-state index >= 15 is 0 Å². The molecule has 0 amide bonds. The summed E-state index contributed by atoms with van der Waals surface area (Å²) >= 11 is 0. The average molecular weight is 679 g/mol. The fourth-order valence-electron chi connectivity index (χ4n) is 7.86. The van der Waals surface area contributed by atoms with Gasteiger partial charge < -0.3 is 4.42 Å². The summed E-state index contributed by atoms with van der Waals surface area (Å²) in [5, 5.41) is 7.07. The van der Waals surface area contributed by atoms with Crippen molar-refractivity contribution in [2.45, 2.75) is 12.8 Å². The second-order valence-electron chi connectivity index (χ2n) is 13.6. The van der Waals surface area contributed by atoms with Crippen LogP contribution in [-0.2, 0) is 0 Å². The molecule has 0 bridgehead atoms. The van der Waals surface area contributed by atoms with Crippen LogP contribution in [0.15, 0.2) is 196 Å².